The van der Waals surface area contributed by atoms with Crippen molar-refractivity contribution >= 4 is 39.5 Å². The standard InChI is InChI=1S/C72H136O17P2/c1-7-10-12-14-16-18-20-22-23-24-28-33-37-45-51-57-72(77)88-67(60-82-69(74)54-48-42-35-31-29-25-26-30-34-40-46-52-64(4)5)62-86-90(78,79)84-58-66(73)59-85-91(80,81)87-63-68(61-83-70(75)55-49-43-39-38-41-47-53-65(6)9-3)89-71(76)56-50-44-36-32-27-21-19-17-15-13-11-8-2/h18,20,22-23,64-68,73H,7-17,19,21,24-63H2,1-6H3,(H,78,79)(H,80,81)/b20-18-,23-22-/t65?,66-,67-,68-/m1/s1. The number of unbranched alkanes of at least 4 members (excludes halogenated alkanes) is 35. The van der Waals surface area contributed by atoms with Crippen LogP contribution in [0.5, 0.6) is 0 Å². The molecule has 0 bridgehead atoms. The van der Waals surface area contributed by atoms with Gasteiger partial charge in [0, 0.05) is 25.7 Å². The summed E-state index contributed by atoms with van der Waals surface area (Å²) in [4.78, 5) is 72.6. The van der Waals surface area contributed by atoms with Crippen molar-refractivity contribution in [3.63, 3.8) is 0 Å². The normalized spacial score (nSPS) is 14.6. The van der Waals surface area contributed by atoms with Gasteiger partial charge >= 0.3 is 39.5 Å². The first-order valence-electron chi connectivity index (χ1n) is 36.8. The van der Waals surface area contributed by atoms with Crippen molar-refractivity contribution in [2.24, 2.45) is 11.8 Å². The van der Waals surface area contributed by atoms with E-state index in [0.717, 1.165) is 121 Å². The fourth-order valence-corrected chi connectivity index (χ4v) is 12.0. The largest absolute Gasteiger partial charge is 0.472 e. The number of hydrogen-bond acceptors (Lipinski definition) is 15. The number of aliphatic hydroxyl groups is 1. The smallest absolute Gasteiger partial charge is 0.462 e. The minimum Gasteiger partial charge on any atom is -0.462 e. The van der Waals surface area contributed by atoms with Gasteiger partial charge in [0.25, 0.3) is 0 Å². The molecule has 0 amide bonds. The summed E-state index contributed by atoms with van der Waals surface area (Å²) in [5, 5.41) is 10.6. The predicted octanol–water partition coefficient (Wildman–Crippen LogP) is 20.3. The Bertz CT molecular complexity index is 1860. The maximum Gasteiger partial charge on any atom is 0.472 e. The monoisotopic (exact) mass is 1330 g/mol. The summed E-state index contributed by atoms with van der Waals surface area (Å²) >= 11 is 0. The summed E-state index contributed by atoms with van der Waals surface area (Å²) in [5.41, 5.74) is 0. The average Bonchev–Trinajstić information content (AvgIpc) is 3.20. The molecule has 19 heteroatoms. The zero-order valence-electron chi connectivity index (χ0n) is 58.6. The number of ether oxygens (including phenoxy) is 4. The van der Waals surface area contributed by atoms with Gasteiger partial charge in [0.05, 0.1) is 26.4 Å². The van der Waals surface area contributed by atoms with Gasteiger partial charge in [-0.1, -0.05) is 291 Å². The molecule has 3 N–H and O–H groups in total. The van der Waals surface area contributed by atoms with E-state index in [9.17, 15) is 43.2 Å². The molecular formula is C72H136O17P2. The number of aliphatic hydroxyl groups excluding tert-OH is 1. The minimum atomic E-state index is -4.96. The molecule has 536 valence electrons. The van der Waals surface area contributed by atoms with E-state index in [0.29, 0.717) is 25.7 Å². The first-order valence-corrected chi connectivity index (χ1v) is 39.8. The van der Waals surface area contributed by atoms with Crippen molar-refractivity contribution in [3.8, 4) is 0 Å². The van der Waals surface area contributed by atoms with Crippen LogP contribution < -0.4 is 0 Å². The highest BCUT2D eigenvalue weighted by Gasteiger charge is 2.30. The third kappa shape index (κ3) is 64.6. The average molecular weight is 1340 g/mol. The number of phosphoric ester groups is 2. The summed E-state index contributed by atoms with van der Waals surface area (Å²) in [7, 11) is -9.92. The van der Waals surface area contributed by atoms with E-state index in [1.54, 1.807) is 0 Å². The molecule has 0 radical (unpaired) electrons. The first kappa shape index (κ1) is 88.5. The Balaban J connectivity index is 5.30. The van der Waals surface area contributed by atoms with Crippen molar-refractivity contribution < 1.29 is 80.2 Å². The molecule has 3 unspecified atom stereocenters. The number of allylic oxidation sites excluding steroid dienone is 4. The minimum absolute atomic E-state index is 0.0847. The quantitative estimate of drug-likeness (QED) is 0.0169. The molecule has 0 saturated carbocycles. The lowest BCUT2D eigenvalue weighted by Crippen LogP contribution is -2.30. The topological polar surface area (TPSA) is 237 Å². The Morgan fingerprint density at radius 3 is 0.989 bits per heavy atom. The van der Waals surface area contributed by atoms with Crippen LogP contribution in [0.3, 0.4) is 0 Å². The van der Waals surface area contributed by atoms with Crippen LogP contribution >= 0.6 is 15.6 Å². The Morgan fingerprint density at radius 1 is 0.363 bits per heavy atom. The third-order valence-electron chi connectivity index (χ3n) is 16.4. The van der Waals surface area contributed by atoms with Crippen LogP contribution in [-0.4, -0.2) is 96.7 Å². The fourth-order valence-electron chi connectivity index (χ4n) is 10.4. The van der Waals surface area contributed by atoms with Crippen LogP contribution in [0.4, 0.5) is 0 Å². The van der Waals surface area contributed by atoms with E-state index in [1.165, 1.54) is 141 Å². The third-order valence-corrected chi connectivity index (χ3v) is 18.3. The van der Waals surface area contributed by atoms with E-state index in [4.69, 9.17) is 37.0 Å². The lowest BCUT2D eigenvalue weighted by molar-refractivity contribution is -0.161. The van der Waals surface area contributed by atoms with E-state index in [-0.39, 0.29) is 25.7 Å². The van der Waals surface area contributed by atoms with Gasteiger partial charge < -0.3 is 33.8 Å². The molecule has 0 spiro atoms. The Kier molecular flexibility index (Phi) is 61.9. The summed E-state index contributed by atoms with van der Waals surface area (Å²) in [6.07, 6.45) is 52.1. The molecule has 0 aromatic carbocycles. The van der Waals surface area contributed by atoms with Crippen LogP contribution in [0.1, 0.15) is 343 Å². The van der Waals surface area contributed by atoms with Crippen molar-refractivity contribution in [2.45, 2.75) is 362 Å². The second-order valence-corrected chi connectivity index (χ2v) is 28.9. The van der Waals surface area contributed by atoms with E-state index in [1.807, 2.05) is 0 Å². The Morgan fingerprint density at radius 2 is 0.648 bits per heavy atom. The van der Waals surface area contributed by atoms with Gasteiger partial charge in [-0.25, -0.2) is 9.13 Å². The highest BCUT2D eigenvalue weighted by molar-refractivity contribution is 7.47. The molecular weight excluding hydrogens is 1200 g/mol. The molecule has 0 aromatic heterocycles. The lowest BCUT2D eigenvalue weighted by Gasteiger charge is -2.21. The highest BCUT2D eigenvalue weighted by Crippen LogP contribution is 2.45. The van der Waals surface area contributed by atoms with Crippen molar-refractivity contribution in [2.75, 3.05) is 39.6 Å². The maximum atomic E-state index is 13.0. The number of phosphoric acid groups is 2. The fraction of sp³-hybridized carbons (Fsp3) is 0.889. The first-order chi connectivity index (χ1) is 43.9. The molecule has 0 fully saturated rings. The van der Waals surface area contributed by atoms with Crippen LogP contribution in [-0.2, 0) is 65.4 Å². The Hall–Kier alpha value is -2.46. The van der Waals surface area contributed by atoms with Crippen LogP contribution in [0.25, 0.3) is 0 Å². The highest BCUT2D eigenvalue weighted by atomic mass is 31.2. The van der Waals surface area contributed by atoms with Gasteiger partial charge in [-0.05, 0) is 63.2 Å². The summed E-state index contributed by atoms with van der Waals surface area (Å²) < 4.78 is 68.3. The SMILES string of the molecule is CCCCCC/C=C\C=C/CCCCCCCC(=O)O[C@H](COC(=O)CCCCCCCCCCCCCC(C)C)COP(=O)(O)OC[C@@H](O)COP(=O)(O)OC[C@@H](COC(=O)CCCCCCCCC(C)CC)OC(=O)CCCCCCCCCCCCCC. The van der Waals surface area contributed by atoms with E-state index in [2.05, 4.69) is 65.8 Å². The van der Waals surface area contributed by atoms with Crippen molar-refractivity contribution in [1.82, 2.24) is 0 Å². The summed E-state index contributed by atoms with van der Waals surface area (Å²) in [6, 6.07) is 0. The number of carbonyl (C=O) groups excluding carboxylic acids is 4. The van der Waals surface area contributed by atoms with Crippen LogP contribution in [0.15, 0.2) is 24.3 Å². The van der Waals surface area contributed by atoms with Gasteiger partial charge in [-0.15, -0.1) is 0 Å². The second-order valence-electron chi connectivity index (χ2n) is 26.0. The van der Waals surface area contributed by atoms with E-state index >= 15 is 0 Å². The molecule has 0 aliphatic carbocycles. The van der Waals surface area contributed by atoms with Gasteiger partial charge in [-0.3, -0.25) is 37.3 Å². The predicted molar refractivity (Wildman–Crippen MR) is 367 cm³/mol. The number of rotatable bonds is 69. The molecule has 6 atom stereocenters. The summed E-state index contributed by atoms with van der Waals surface area (Å²) in [6.45, 7) is 9.46. The molecule has 91 heavy (non-hydrogen) atoms. The zero-order chi connectivity index (χ0) is 67.2. The molecule has 0 aromatic rings. The van der Waals surface area contributed by atoms with Crippen LogP contribution in [0, 0.1) is 11.8 Å². The van der Waals surface area contributed by atoms with Gasteiger partial charge in [0.1, 0.15) is 19.3 Å². The number of carbonyl (C=O) groups is 4. The summed E-state index contributed by atoms with van der Waals surface area (Å²) in [5.74, 6) is -0.654. The number of esters is 4. The van der Waals surface area contributed by atoms with E-state index < -0.39 is 97.5 Å². The van der Waals surface area contributed by atoms with Gasteiger partial charge in [0.2, 0.25) is 0 Å². The zero-order valence-corrected chi connectivity index (χ0v) is 60.4. The van der Waals surface area contributed by atoms with Crippen LogP contribution in [0.2, 0.25) is 0 Å². The molecule has 0 aliphatic rings. The number of hydrogen-bond donors (Lipinski definition) is 3. The molecule has 0 heterocycles. The second kappa shape index (κ2) is 63.6. The van der Waals surface area contributed by atoms with Gasteiger partial charge in [0.15, 0.2) is 12.2 Å². The lowest BCUT2D eigenvalue weighted by atomic mass is 10.00. The Labute approximate surface area is 554 Å². The molecule has 0 rings (SSSR count). The van der Waals surface area contributed by atoms with Gasteiger partial charge in [-0.2, -0.15) is 0 Å². The van der Waals surface area contributed by atoms with Crippen molar-refractivity contribution in [1.29, 1.82) is 0 Å². The molecule has 0 aliphatic heterocycles. The van der Waals surface area contributed by atoms with Crippen molar-refractivity contribution in [3.05, 3.63) is 24.3 Å². The maximum absolute atomic E-state index is 13.0. The molecule has 0 saturated heterocycles. The molecule has 17 nitrogen and oxygen atoms in total.